The molecule has 7 heteroatoms. The molecule has 0 aromatic rings. The number of nitrogens with zero attached hydrogens (tertiary/aromatic N) is 1. The SMILES string of the molecule is CCOC(=O)/C(CBr)=N\OCC(=O)OC(C)(C)C. The maximum atomic E-state index is 11.3. The first-order valence-electron chi connectivity index (χ1n) is 5.44. The molecular formula is C11H18BrNO5. The Hall–Kier alpha value is -1.11. The normalized spacial score (nSPS) is 11.9. The number of alkyl halides is 1. The summed E-state index contributed by atoms with van der Waals surface area (Å²) in [7, 11) is 0. The molecule has 0 saturated carbocycles. The quantitative estimate of drug-likeness (QED) is 0.321. The van der Waals surface area contributed by atoms with E-state index in [2.05, 4.69) is 21.1 Å². The molecule has 0 fully saturated rings. The van der Waals surface area contributed by atoms with Gasteiger partial charge in [-0.2, -0.15) is 0 Å². The lowest BCUT2D eigenvalue weighted by molar-refractivity contribution is -0.160. The number of hydrogen-bond donors (Lipinski definition) is 0. The second kappa shape index (κ2) is 8.07. The lowest BCUT2D eigenvalue weighted by Gasteiger charge is -2.18. The van der Waals surface area contributed by atoms with Gasteiger partial charge >= 0.3 is 11.9 Å². The molecule has 0 saturated heterocycles. The fourth-order valence-electron chi connectivity index (χ4n) is 0.864. The number of ether oxygens (including phenoxy) is 2. The summed E-state index contributed by atoms with van der Waals surface area (Å²) in [5, 5.41) is 3.71. The van der Waals surface area contributed by atoms with Crippen LogP contribution in [0.4, 0.5) is 0 Å². The number of rotatable bonds is 6. The van der Waals surface area contributed by atoms with Gasteiger partial charge in [0.05, 0.1) is 11.9 Å². The van der Waals surface area contributed by atoms with Crippen LogP contribution in [0.1, 0.15) is 27.7 Å². The predicted molar refractivity (Wildman–Crippen MR) is 69.7 cm³/mol. The Kier molecular flexibility index (Phi) is 7.58. The molecule has 0 atom stereocenters. The summed E-state index contributed by atoms with van der Waals surface area (Å²) in [6, 6.07) is 0. The largest absolute Gasteiger partial charge is 0.461 e. The molecule has 0 bridgehead atoms. The van der Waals surface area contributed by atoms with Crippen LogP contribution in [0.15, 0.2) is 5.16 Å². The zero-order chi connectivity index (χ0) is 14.2. The van der Waals surface area contributed by atoms with E-state index in [0.717, 1.165) is 0 Å². The minimum atomic E-state index is -0.585. The van der Waals surface area contributed by atoms with Crippen LogP contribution >= 0.6 is 15.9 Å². The smallest absolute Gasteiger partial charge is 0.356 e. The van der Waals surface area contributed by atoms with E-state index < -0.39 is 17.5 Å². The molecule has 0 amide bonds. The monoisotopic (exact) mass is 323 g/mol. The molecule has 6 nitrogen and oxygen atoms in total. The fraction of sp³-hybridized carbons (Fsp3) is 0.727. The molecule has 0 radical (unpaired) electrons. The van der Waals surface area contributed by atoms with Crippen molar-refractivity contribution in [3.63, 3.8) is 0 Å². The van der Waals surface area contributed by atoms with Gasteiger partial charge in [0.25, 0.3) is 0 Å². The molecule has 0 aromatic carbocycles. The predicted octanol–water partition coefficient (Wildman–Crippen LogP) is 1.66. The highest BCUT2D eigenvalue weighted by Gasteiger charge is 2.17. The maximum absolute atomic E-state index is 11.3. The van der Waals surface area contributed by atoms with Gasteiger partial charge in [0.2, 0.25) is 6.61 Å². The molecule has 0 unspecified atom stereocenters. The Bertz CT molecular complexity index is 322. The molecule has 18 heavy (non-hydrogen) atoms. The van der Waals surface area contributed by atoms with E-state index in [9.17, 15) is 9.59 Å². The van der Waals surface area contributed by atoms with Crippen molar-refractivity contribution in [2.45, 2.75) is 33.3 Å². The van der Waals surface area contributed by atoms with Gasteiger partial charge < -0.3 is 14.3 Å². The van der Waals surface area contributed by atoms with E-state index in [1.54, 1.807) is 27.7 Å². The van der Waals surface area contributed by atoms with Gasteiger partial charge in [-0.25, -0.2) is 9.59 Å². The van der Waals surface area contributed by atoms with Crippen molar-refractivity contribution in [3.8, 4) is 0 Å². The number of oxime groups is 1. The molecule has 0 heterocycles. The van der Waals surface area contributed by atoms with Crippen molar-refractivity contribution < 1.29 is 23.9 Å². The van der Waals surface area contributed by atoms with Crippen LogP contribution in [0, 0.1) is 0 Å². The van der Waals surface area contributed by atoms with Gasteiger partial charge in [0.1, 0.15) is 5.60 Å². The first kappa shape index (κ1) is 16.9. The van der Waals surface area contributed by atoms with E-state index in [0.29, 0.717) is 0 Å². The van der Waals surface area contributed by atoms with E-state index in [-0.39, 0.29) is 24.3 Å². The molecule has 0 aliphatic rings. The van der Waals surface area contributed by atoms with Crippen molar-refractivity contribution in [3.05, 3.63) is 0 Å². The van der Waals surface area contributed by atoms with Crippen LogP contribution < -0.4 is 0 Å². The third kappa shape index (κ3) is 8.05. The van der Waals surface area contributed by atoms with E-state index in [1.807, 2.05) is 0 Å². The first-order valence-corrected chi connectivity index (χ1v) is 6.56. The average Bonchev–Trinajstić information content (AvgIpc) is 2.22. The van der Waals surface area contributed by atoms with E-state index >= 15 is 0 Å². The summed E-state index contributed by atoms with van der Waals surface area (Å²) in [5.41, 5.74) is -0.524. The van der Waals surface area contributed by atoms with Crippen LogP contribution in [0.25, 0.3) is 0 Å². The van der Waals surface area contributed by atoms with Crippen LogP contribution in [0.5, 0.6) is 0 Å². The highest BCUT2D eigenvalue weighted by Crippen LogP contribution is 2.06. The van der Waals surface area contributed by atoms with Crippen molar-refractivity contribution in [1.82, 2.24) is 0 Å². The third-order valence-corrected chi connectivity index (χ3v) is 1.95. The van der Waals surface area contributed by atoms with Crippen molar-refractivity contribution in [2.75, 3.05) is 18.5 Å². The minimum absolute atomic E-state index is 0.0559. The summed E-state index contributed by atoms with van der Waals surface area (Å²) in [5.74, 6) is -1.14. The molecular weight excluding hydrogens is 306 g/mol. The van der Waals surface area contributed by atoms with Gasteiger partial charge in [-0.15, -0.1) is 0 Å². The lowest BCUT2D eigenvalue weighted by atomic mass is 10.2. The van der Waals surface area contributed by atoms with Crippen LogP contribution in [0.3, 0.4) is 0 Å². The number of hydrogen-bond acceptors (Lipinski definition) is 6. The topological polar surface area (TPSA) is 74.2 Å². The molecule has 0 N–H and O–H groups in total. The zero-order valence-corrected chi connectivity index (χ0v) is 12.6. The summed E-state index contributed by atoms with van der Waals surface area (Å²) in [4.78, 5) is 27.3. The van der Waals surface area contributed by atoms with Crippen LogP contribution in [-0.2, 0) is 23.9 Å². The molecule has 0 rings (SSSR count). The van der Waals surface area contributed by atoms with Crippen LogP contribution in [-0.4, -0.2) is 41.8 Å². The highest BCUT2D eigenvalue weighted by molar-refractivity contribution is 9.09. The van der Waals surface area contributed by atoms with Crippen molar-refractivity contribution >= 4 is 33.6 Å². The van der Waals surface area contributed by atoms with Gasteiger partial charge in [-0.3, -0.25) is 0 Å². The Morgan fingerprint density at radius 1 is 1.28 bits per heavy atom. The minimum Gasteiger partial charge on any atom is -0.461 e. The van der Waals surface area contributed by atoms with Gasteiger partial charge in [-0.05, 0) is 27.7 Å². The number of esters is 2. The van der Waals surface area contributed by atoms with Crippen LogP contribution in [0.2, 0.25) is 0 Å². The Balaban J connectivity index is 4.20. The average molecular weight is 324 g/mol. The fourth-order valence-corrected chi connectivity index (χ4v) is 1.20. The molecule has 0 aliphatic carbocycles. The maximum Gasteiger partial charge on any atom is 0.356 e. The summed E-state index contributed by atoms with van der Waals surface area (Å²) in [6.45, 7) is 6.82. The third-order valence-electron chi connectivity index (χ3n) is 1.41. The van der Waals surface area contributed by atoms with E-state index in [1.165, 1.54) is 0 Å². The second-order valence-corrected chi connectivity index (χ2v) is 4.81. The van der Waals surface area contributed by atoms with Gasteiger partial charge in [0.15, 0.2) is 5.71 Å². The number of carbonyl (C=O) groups is 2. The van der Waals surface area contributed by atoms with Gasteiger partial charge in [0, 0.05) is 0 Å². The summed E-state index contributed by atoms with van der Waals surface area (Å²) in [6.07, 6.45) is 0. The number of carbonyl (C=O) groups excluding carboxylic acids is 2. The Morgan fingerprint density at radius 2 is 1.89 bits per heavy atom. The Labute approximate surface area is 115 Å². The lowest BCUT2D eigenvalue weighted by Crippen LogP contribution is -2.26. The molecule has 0 aliphatic heterocycles. The standard InChI is InChI=1S/C11H18BrNO5/c1-5-16-10(15)8(6-12)13-17-7-9(14)18-11(2,3)4/h5-7H2,1-4H3/b13-8-. The first-order chi connectivity index (χ1) is 8.30. The molecule has 104 valence electrons. The highest BCUT2D eigenvalue weighted by atomic mass is 79.9. The number of halogens is 1. The molecule has 0 spiro atoms. The second-order valence-electron chi connectivity index (χ2n) is 4.25. The summed E-state index contributed by atoms with van der Waals surface area (Å²) < 4.78 is 9.74. The summed E-state index contributed by atoms with van der Waals surface area (Å²) >= 11 is 3.07. The molecule has 0 aromatic heterocycles. The Morgan fingerprint density at radius 3 is 2.33 bits per heavy atom. The van der Waals surface area contributed by atoms with E-state index in [4.69, 9.17) is 14.3 Å². The van der Waals surface area contributed by atoms with Crippen molar-refractivity contribution in [1.29, 1.82) is 0 Å². The zero-order valence-electron chi connectivity index (χ0n) is 11.0. The van der Waals surface area contributed by atoms with Gasteiger partial charge in [-0.1, -0.05) is 21.1 Å². The van der Waals surface area contributed by atoms with Crippen molar-refractivity contribution in [2.24, 2.45) is 5.16 Å².